The van der Waals surface area contributed by atoms with Gasteiger partial charge in [0.15, 0.2) is 0 Å². The summed E-state index contributed by atoms with van der Waals surface area (Å²) < 4.78 is 1.92. The maximum Gasteiger partial charge on any atom is 0.209 e. The van der Waals surface area contributed by atoms with Crippen molar-refractivity contribution in [1.82, 2.24) is 25.5 Å². The Balaban J connectivity index is 1.83. The summed E-state index contributed by atoms with van der Waals surface area (Å²) in [4.78, 5) is 0. The average molecular weight is 269 g/mol. The van der Waals surface area contributed by atoms with E-state index in [1.54, 1.807) is 0 Å². The molecule has 1 aliphatic rings. The maximum absolute atomic E-state index is 4.13. The highest BCUT2D eigenvalue weighted by Crippen LogP contribution is 2.33. The molecule has 0 spiro atoms. The van der Waals surface area contributed by atoms with Crippen molar-refractivity contribution in [3.63, 3.8) is 0 Å². The molecule has 1 heterocycles. The average Bonchev–Trinajstić information content (AvgIpc) is 2.90. The Bertz CT molecular complexity index is 365. The monoisotopic (exact) mass is 269 g/mol. The second kappa shape index (κ2) is 6.02. The lowest BCUT2D eigenvalue weighted by atomic mass is 10.1. The first-order valence-electron chi connectivity index (χ1n) is 6.72. The summed E-state index contributed by atoms with van der Waals surface area (Å²) in [5.41, 5.74) is 0.146. The molecule has 1 saturated carbocycles. The van der Waals surface area contributed by atoms with Crippen LogP contribution in [0.25, 0.3) is 0 Å². The second-order valence-electron chi connectivity index (χ2n) is 5.89. The van der Waals surface area contributed by atoms with Crippen LogP contribution < -0.4 is 5.32 Å². The van der Waals surface area contributed by atoms with Gasteiger partial charge in [-0.2, -0.15) is 0 Å². The van der Waals surface area contributed by atoms with Gasteiger partial charge in [0, 0.05) is 17.3 Å². The first kappa shape index (κ1) is 13.8. The van der Waals surface area contributed by atoms with Gasteiger partial charge in [-0.1, -0.05) is 24.6 Å². The van der Waals surface area contributed by atoms with E-state index < -0.39 is 0 Å². The summed E-state index contributed by atoms with van der Waals surface area (Å²) in [5, 5.41) is 17.1. The lowest BCUT2D eigenvalue weighted by Crippen LogP contribution is -2.38. The third-order valence-electron chi connectivity index (χ3n) is 3.05. The molecule has 0 atom stereocenters. The number of hydrogen-bond donors (Lipinski definition) is 1. The van der Waals surface area contributed by atoms with Gasteiger partial charge in [0.1, 0.15) is 0 Å². The van der Waals surface area contributed by atoms with E-state index in [0.717, 1.165) is 18.2 Å². The third-order valence-corrected chi connectivity index (χ3v) is 4.36. The summed E-state index contributed by atoms with van der Waals surface area (Å²) in [7, 11) is 0. The number of thioether (sulfide) groups is 1. The van der Waals surface area contributed by atoms with Crippen LogP contribution in [0, 0.1) is 0 Å². The first-order chi connectivity index (χ1) is 8.54. The van der Waals surface area contributed by atoms with Crippen molar-refractivity contribution >= 4 is 11.8 Å². The number of nitrogens with one attached hydrogen (secondary N) is 1. The number of hydrogen-bond acceptors (Lipinski definition) is 5. The van der Waals surface area contributed by atoms with Gasteiger partial charge >= 0.3 is 0 Å². The quantitative estimate of drug-likeness (QED) is 0.887. The Morgan fingerprint density at radius 1 is 1.33 bits per heavy atom. The van der Waals surface area contributed by atoms with Crippen molar-refractivity contribution in [3.8, 4) is 0 Å². The fourth-order valence-corrected chi connectivity index (χ4v) is 3.31. The Kier molecular flexibility index (Phi) is 4.61. The molecule has 0 aliphatic heterocycles. The minimum absolute atomic E-state index is 0.146. The number of aromatic nitrogens is 4. The first-order valence-corrected chi connectivity index (χ1v) is 7.60. The van der Waals surface area contributed by atoms with E-state index in [0.29, 0.717) is 5.25 Å². The minimum Gasteiger partial charge on any atom is -0.310 e. The van der Waals surface area contributed by atoms with Gasteiger partial charge in [0.05, 0.1) is 6.54 Å². The molecule has 0 unspecified atom stereocenters. The summed E-state index contributed by atoms with van der Waals surface area (Å²) >= 11 is 1.84. The smallest absolute Gasteiger partial charge is 0.209 e. The lowest BCUT2D eigenvalue weighted by Gasteiger charge is -2.20. The molecule has 1 aliphatic carbocycles. The molecule has 0 radical (unpaired) electrons. The molecule has 6 heteroatoms. The highest BCUT2D eigenvalue weighted by atomic mass is 32.2. The molecule has 1 fully saturated rings. The molecule has 2 rings (SSSR count). The van der Waals surface area contributed by atoms with Crippen LogP contribution in [0.3, 0.4) is 0 Å². The van der Waals surface area contributed by atoms with Crippen LogP contribution in [-0.4, -0.2) is 37.5 Å². The largest absolute Gasteiger partial charge is 0.310 e. The summed E-state index contributed by atoms with van der Waals surface area (Å²) in [6.45, 7) is 8.23. The van der Waals surface area contributed by atoms with E-state index in [4.69, 9.17) is 0 Å². The number of tetrazole rings is 1. The van der Waals surface area contributed by atoms with Gasteiger partial charge in [0.25, 0.3) is 0 Å². The zero-order chi connectivity index (χ0) is 13.0. The molecule has 0 bridgehead atoms. The van der Waals surface area contributed by atoms with Crippen LogP contribution in [0.2, 0.25) is 0 Å². The fourth-order valence-electron chi connectivity index (χ4n) is 2.11. The van der Waals surface area contributed by atoms with Gasteiger partial charge in [-0.05, 0) is 44.0 Å². The van der Waals surface area contributed by atoms with Gasteiger partial charge in [-0.3, -0.25) is 0 Å². The number of rotatable bonds is 5. The van der Waals surface area contributed by atoms with Crippen LogP contribution in [0.5, 0.6) is 0 Å². The van der Waals surface area contributed by atoms with Crippen LogP contribution in [0.1, 0.15) is 46.5 Å². The summed E-state index contributed by atoms with van der Waals surface area (Å²) in [5.74, 6) is 0. The SMILES string of the molecule is CC(C)(C)NCCn1nnnc1SC1CCCC1. The van der Waals surface area contributed by atoms with Crippen molar-refractivity contribution in [2.75, 3.05) is 6.54 Å². The van der Waals surface area contributed by atoms with Crippen LogP contribution >= 0.6 is 11.8 Å². The zero-order valence-corrected chi connectivity index (χ0v) is 12.3. The highest BCUT2D eigenvalue weighted by Gasteiger charge is 2.19. The molecular weight excluding hydrogens is 246 g/mol. The van der Waals surface area contributed by atoms with Gasteiger partial charge < -0.3 is 5.32 Å². The molecule has 1 aromatic heterocycles. The minimum atomic E-state index is 0.146. The van der Waals surface area contributed by atoms with E-state index >= 15 is 0 Å². The Hall–Kier alpha value is -0.620. The molecule has 0 amide bonds. The zero-order valence-electron chi connectivity index (χ0n) is 11.5. The second-order valence-corrected chi connectivity index (χ2v) is 7.15. The lowest BCUT2D eigenvalue weighted by molar-refractivity contribution is 0.396. The van der Waals surface area contributed by atoms with E-state index in [2.05, 4.69) is 41.6 Å². The molecule has 1 aromatic rings. The Morgan fingerprint density at radius 2 is 2.06 bits per heavy atom. The normalized spacial score (nSPS) is 17.5. The Morgan fingerprint density at radius 3 is 2.72 bits per heavy atom. The predicted molar refractivity (Wildman–Crippen MR) is 73.7 cm³/mol. The molecule has 18 heavy (non-hydrogen) atoms. The molecule has 5 nitrogen and oxygen atoms in total. The predicted octanol–water partition coefficient (Wildman–Crippen LogP) is 2.10. The summed E-state index contributed by atoms with van der Waals surface area (Å²) in [6, 6.07) is 0. The standard InChI is InChI=1S/C12H23N5S/c1-12(2,3)13-8-9-17-11(14-15-16-17)18-10-6-4-5-7-10/h10,13H,4-9H2,1-3H3. The topological polar surface area (TPSA) is 55.6 Å². The van der Waals surface area contributed by atoms with E-state index in [9.17, 15) is 0 Å². The van der Waals surface area contributed by atoms with Crippen LogP contribution in [-0.2, 0) is 6.54 Å². The highest BCUT2D eigenvalue weighted by molar-refractivity contribution is 7.99. The third kappa shape index (κ3) is 4.24. The molecule has 1 N–H and O–H groups in total. The summed E-state index contributed by atoms with van der Waals surface area (Å²) in [6.07, 6.45) is 5.31. The van der Waals surface area contributed by atoms with Crippen molar-refractivity contribution in [1.29, 1.82) is 0 Å². The number of nitrogens with zero attached hydrogens (tertiary/aromatic N) is 4. The van der Waals surface area contributed by atoms with Gasteiger partial charge in [-0.25, -0.2) is 4.68 Å². The fraction of sp³-hybridized carbons (Fsp3) is 0.917. The van der Waals surface area contributed by atoms with Crippen molar-refractivity contribution < 1.29 is 0 Å². The van der Waals surface area contributed by atoms with Gasteiger partial charge in [0.2, 0.25) is 5.16 Å². The maximum atomic E-state index is 4.13. The van der Waals surface area contributed by atoms with Crippen molar-refractivity contribution in [3.05, 3.63) is 0 Å². The van der Waals surface area contributed by atoms with Crippen molar-refractivity contribution in [2.24, 2.45) is 0 Å². The van der Waals surface area contributed by atoms with E-state index in [1.807, 2.05) is 16.4 Å². The molecule has 0 saturated heterocycles. The Labute approximate surface area is 113 Å². The van der Waals surface area contributed by atoms with Gasteiger partial charge in [-0.15, -0.1) is 5.10 Å². The molecule has 0 aromatic carbocycles. The van der Waals surface area contributed by atoms with E-state index in [-0.39, 0.29) is 5.54 Å². The van der Waals surface area contributed by atoms with Crippen LogP contribution in [0.4, 0.5) is 0 Å². The molecular formula is C12H23N5S. The van der Waals surface area contributed by atoms with Crippen molar-refractivity contribution in [2.45, 2.75) is 68.9 Å². The van der Waals surface area contributed by atoms with E-state index in [1.165, 1.54) is 25.7 Å². The van der Waals surface area contributed by atoms with Crippen LogP contribution in [0.15, 0.2) is 5.16 Å². The molecule has 102 valence electrons.